The molecule has 2 unspecified atom stereocenters. The first-order valence-corrected chi connectivity index (χ1v) is 11.0. The number of H-pyrrole nitrogens is 1. The third kappa shape index (κ3) is 3.64. The fourth-order valence-corrected chi connectivity index (χ4v) is 5.05. The van der Waals surface area contributed by atoms with E-state index in [1.165, 1.54) is 31.9 Å². The Balaban J connectivity index is 1.31. The molecule has 3 heterocycles. The van der Waals surface area contributed by atoms with Gasteiger partial charge >= 0.3 is 0 Å². The number of carbonyl (C=O) groups is 1. The van der Waals surface area contributed by atoms with Crippen molar-refractivity contribution in [3.05, 3.63) is 52.7 Å². The van der Waals surface area contributed by atoms with Gasteiger partial charge in [-0.3, -0.25) is 9.59 Å². The number of hydrogen-bond donors (Lipinski definition) is 1. The van der Waals surface area contributed by atoms with E-state index in [2.05, 4.69) is 15.1 Å². The fraction of sp³-hybridized carbons (Fsp3) is 0.478. The maximum absolute atomic E-state index is 12.8. The molecule has 2 atom stereocenters. The third-order valence-corrected chi connectivity index (χ3v) is 6.71. The van der Waals surface area contributed by atoms with E-state index >= 15 is 0 Å². The monoisotopic (exact) mass is 405 g/mol. The molecule has 2 aliphatic rings. The first-order valence-electron chi connectivity index (χ1n) is 11.0. The number of aryl methyl sites for hydroxylation is 1. The van der Waals surface area contributed by atoms with Gasteiger partial charge in [-0.05, 0) is 36.8 Å². The number of amides is 1. The largest absolute Gasteiger partial charge is 0.342 e. The maximum Gasteiger partial charge on any atom is 0.262 e. The summed E-state index contributed by atoms with van der Waals surface area (Å²) in [6, 6.07) is 9.62. The number of fused-ring (bicyclic) bond motifs is 2. The highest BCUT2D eigenvalue weighted by Crippen LogP contribution is 2.36. The third-order valence-electron chi connectivity index (χ3n) is 6.71. The lowest BCUT2D eigenvalue weighted by Gasteiger charge is -2.41. The molecule has 0 bridgehead atoms. The molecule has 1 aliphatic heterocycles. The molecule has 30 heavy (non-hydrogen) atoms. The number of nitrogens with one attached hydrogen (secondary N) is 1. The Morgan fingerprint density at radius 2 is 1.90 bits per heavy atom. The van der Waals surface area contributed by atoms with Crippen molar-refractivity contribution in [2.45, 2.75) is 44.9 Å². The minimum Gasteiger partial charge on any atom is -0.342 e. The van der Waals surface area contributed by atoms with Crippen LogP contribution in [0.2, 0.25) is 0 Å². The van der Waals surface area contributed by atoms with Gasteiger partial charge in [0.1, 0.15) is 11.2 Å². The van der Waals surface area contributed by atoms with Crippen LogP contribution in [0.1, 0.15) is 44.3 Å². The molecule has 1 N–H and O–H groups in total. The van der Waals surface area contributed by atoms with Gasteiger partial charge in [-0.2, -0.15) is 5.10 Å². The molecule has 5 rings (SSSR count). The zero-order valence-corrected chi connectivity index (χ0v) is 17.1. The van der Waals surface area contributed by atoms with Gasteiger partial charge in [0.2, 0.25) is 5.91 Å². The van der Waals surface area contributed by atoms with Gasteiger partial charge in [-0.25, -0.2) is 9.67 Å². The van der Waals surface area contributed by atoms with Crippen LogP contribution in [0.15, 0.2) is 41.3 Å². The standard InChI is InChI=1S/C23H27N5O2/c29-21(27-13-12-16-6-4-5-7-17(16)15-27)11-10-20-25-22-19(23(30)26-20)14-24-28(22)18-8-2-1-3-9-18/h1-3,8-9,14,16-17H,4-7,10-13,15H2,(H,25,26,30). The minimum absolute atomic E-state index is 0.165. The number of benzene rings is 1. The van der Waals surface area contributed by atoms with Gasteiger partial charge in [-0.1, -0.05) is 37.5 Å². The highest BCUT2D eigenvalue weighted by atomic mass is 16.2. The summed E-state index contributed by atoms with van der Waals surface area (Å²) in [6.45, 7) is 1.76. The van der Waals surface area contributed by atoms with Gasteiger partial charge < -0.3 is 9.88 Å². The van der Waals surface area contributed by atoms with E-state index in [4.69, 9.17) is 0 Å². The molecule has 0 spiro atoms. The summed E-state index contributed by atoms with van der Waals surface area (Å²) in [6.07, 6.45) is 8.68. The summed E-state index contributed by atoms with van der Waals surface area (Å²) in [7, 11) is 0. The smallest absolute Gasteiger partial charge is 0.262 e. The molecule has 2 aromatic heterocycles. The van der Waals surface area contributed by atoms with E-state index < -0.39 is 0 Å². The van der Waals surface area contributed by atoms with Crippen LogP contribution in [-0.2, 0) is 11.2 Å². The molecule has 1 aromatic carbocycles. The van der Waals surface area contributed by atoms with E-state index in [9.17, 15) is 9.59 Å². The second kappa shape index (κ2) is 8.05. The van der Waals surface area contributed by atoms with Crippen molar-refractivity contribution in [1.82, 2.24) is 24.6 Å². The molecular weight excluding hydrogens is 378 g/mol. The van der Waals surface area contributed by atoms with E-state index in [0.717, 1.165) is 31.1 Å². The molecule has 1 amide bonds. The number of carbonyl (C=O) groups excluding carboxylic acids is 1. The van der Waals surface area contributed by atoms with Gasteiger partial charge in [0, 0.05) is 25.9 Å². The Hall–Kier alpha value is -2.96. The Kier molecular flexibility index (Phi) is 5.11. The molecule has 1 saturated heterocycles. The maximum atomic E-state index is 12.8. The predicted molar refractivity (Wildman–Crippen MR) is 114 cm³/mol. The first-order chi connectivity index (χ1) is 14.7. The Morgan fingerprint density at radius 3 is 2.73 bits per heavy atom. The second-order valence-electron chi connectivity index (χ2n) is 8.57. The van der Waals surface area contributed by atoms with Crippen LogP contribution < -0.4 is 5.56 Å². The predicted octanol–water partition coefficient (Wildman–Crippen LogP) is 3.08. The quantitative estimate of drug-likeness (QED) is 0.723. The lowest BCUT2D eigenvalue weighted by Crippen LogP contribution is -2.44. The minimum atomic E-state index is -0.215. The SMILES string of the molecule is O=C(CCc1nc2c(cnn2-c2ccccc2)c(=O)[nH]1)N1CCC2CCCCC2C1. The Morgan fingerprint density at radius 1 is 1.10 bits per heavy atom. The van der Waals surface area contributed by atoms with E-state index in [-0.39, 0.29) is 11.5 Å². The number of piperidine rings is 1. The summed E-state index contributed by atoms with van der Waals surface area (Å²) >= 11 is 0. The summed E-state index contributed by atoms with van der Waals surface area (Å²) in [5, 5.41) is 4.79. The van der Waals surface area contributed by atoms with Crippen molar-refractivity contribution >= 4 is 16.9 Å². The van der Waals surface area contributed by atoms with Gasteiger partial charge in [-0.15, -0.1) is 0 Å². The Labute approximate surface area is 175 Å². The molecule has 7 nitrogen and oxygen atoms in total. The number of aromatic amines is 1. The summed E-state index contributed by atoms with van der Waals surface area (Å²) < 4.78 is 1.67. The highest BCUT2D eigenvalue weighted by Gasteiger charge is 2.32. The summed E-state index contributed by atoms with van der Waals surface area (Å²) in [5.41, 5.74) is 1.16. The van der Waals surface area contributed by atoms with Crippen LogP contribution >= 0.6 is 0 Å². The number of likely N-dealkylation sites (tertiary alicyclic amines) is 1. The van der Waals surface area contributed by atoms with Gasteiger partial charge in [0.15, 0.2) is 5.65 Å². The van der Waals surface area contributed by atoms with Crippen molar-refractivity contribution in [1.29, 1.82) is 0 Å². The van der Waals surface area contributed by atoms with E-state index in [1.54, 1.807) is 4.68 Å². The lowest BCUT2D eigenvalue weighted by atomic mass is 9.75. The van der Waals surface area contributed by atoms with Gasteiger partial charge in [0.25, 0.3) is 5.56 Å². The number of hydrogen-bond acceptors (Lipinski definition) is 4. The molecule has 0 radical (unpaired) electrons. The van der Waals surface area contributed by atoms with Crippen LogP contribution in [0, 0.1) is 11.8 Å². The zero-order valence-electron chi connectivity index (χ0n) is 17.1. The number of para-hydroxylation sites is 1. The highest BCUT2D eigenvalue weighted by molar-refractivity contribution is 5.77. The van der Waals surface area contributed by atoms with E-state index in [1.807, 2.05) is 35.2 Å². The van der Waals surface area contributed by atoms with Crippen molar-refractivity contribution in [3.8, 4) is 5.69 Å². The Bertz CT molecular complexity index is 1100. The average molecular weight is 406 g/mol. The second-order valence-corrected chi connectivity index (χ2v) is 8.57. The first kappa shape index (κ1) is 19.0. The van der Waals surface area contributed by atoms with Crippen LogP contribution in [-0.4, -0.2) is 43.6 Å². The number of rotatable bonds is 4. The molecule has 3 aromatic rings. The van der Waals surface area contributed by atoms with Crippen molar-refractivity contribution in [2.24, 2.45) is 11.8 Å². The normalized spacial score (nSPS) is 21.5. The van der Waals surface area contributed by atoms with Crippen LogP contribution in [0.25, 0.3) is 16.7 Å². The van der Waals surface area contributed by atoms with Crippen LogP contribution in [0.4, 0.5) is 0 Å². The average Bonchev–Trinajstić information content (AvgIpc) is 3.22. The lowest BCUT2D eigenvalue weighted by molar-refractivity contribution is -0.134. The molecule has 1 aliphatic carbocycles. The van der Waals surface area contributed by atoms with Crippen molar-refractivity contribution < 1.29 is 4.79 Å². The number of nitrogens with zero attached hydrogens (tertiary/aromatic N) is 4. The fourth-order valence-electron chi connectivity index (χ4n) is 5.05. The van der Waals surface area contributed by atoms with Crippen molar-refractivity contribution in [2.75, 3.05) is 13.1 Å². The topological polar surface area (TPSA) is 83.9 Å². The van der Waals surface area contributed by atoms with Crippen LogP contribution in [0.5, 0.6) is 0 Å². The molecule has 1 saturated carbocycles. The molecule has 7 heteroatoms. The van der Waals surface area contributed by atoms with Crippen molar-refractivity contribution in [3.63, 3.8) is 0 Å². The number of aromatic nitrogens is 4. The summed E-state index contributed by atoms with van der Waals surface area (Å²) in [4.78, 5) is 34.8. The van der Waals surface area contributed by atoms with Gasteiger partial charge in [0.05, 0.1) is 11.9 Å². The summed E-state index contributed by atoms with van der Waals surface area (Å²) in [5.74, 6) is 2.18. The molecular formula is C23H27N5O2. The van der Waals surface area contributed by atoms with Crippen LogP contribution in [0.3, 0.4) is 0 Å². The molecule has 2 fully saturated rings. The molecule has 156 valence electrons. The zero-order chi connectivity index (χ0) is 20.5. The van der Waals surface area contributed by atoms with E-state index in [0.29, 0.717) is 35.6 Å².